The van der Waals surface area contributed by atoms with Gasteiger partial charge in [0.2, 0.25) is 5.91 Å². The molecule has 1 atom stereocenters. The van der Waals surface area contributed by atoms with Crippen LogP contribution in [0, 0.1) is 0 Å². The van der Waals surface area contributed by atoms with Crippen molar-refractivity contribution in [3.8, 4) is 0 Å². The average Bonchev–Trinajstić information content (AvgIpc) is 2.34. The fraction of sp³-hybridized carbons (Fsp3) is 0.500. The fourth-order valence-corrected chi connectivity index (χ4v) is 2.19. The van der Waals surface area contributed by atoms with E-state index in [1.165, 1.54) is 0 Å². The van der Waals surface area contributed by atoms with Crippen LogP contribution in [0.4, 0.5) is 0 Å². The van der Waals surface area contributed by atoms with Gasteiger partial charge < -0.3 is 10.4 Å². The Morgan fingerprint density at radius 2 is 2.11 bits per heavy atom. The van der Waals surface area contributed by atoms with Gasteiger partial charge in [-0.15, -0.1) is 0 Å². The molecule has 0 saturated carbocycles. The molecule has 5 heteroatoms. The Morgan fingerprint density at radius 1 is 1.42 bits per heavy atom. The summed E-state index contributed by atoms with van der Waals surface area (Å²) >= 11 is 11.9. The van der Waals surface area contributed by atoms with Crippen molar-refractivity contribution < 1.29 is 9.90 Å². The summed E-state index contributed by atoms with van der Waals surface area (Å²) in [5.41, 5.74) is 0.311. The Balaban J connectivity index is 2.72. The molecule has 0 fully saturated rings. The topological polar surface area (TPSA) is 49.3 Å². The molecule has 3 nitrogen and oxygen atoms in total. The van der Waals surface area contributed by atoms with Crippen LogP contribution in [0.3, 0.4) is 0 Å². The molecule has 0 bridgehead atoms. The van der Waals surface area contributed by atoms with Crippen LogP contribution >= 0.6 is 23.2 Å². The van der Waals surface area contributed by atoms with Gasteiger partial charge in [-0.25, -0.2) is 0 Å². The Morgan fingerprint density at radius 3 is 2.68 bits per heavy atom. The lowest BCUT2D eigenvalue weighted by Gasteiger charge is -2.29. The second-order valence-corrected chi connectivity index (χ2v) is 5.69. The lowest BCUT2D eigenvalue weighted by molar-refractivity contribution is -0.122. The smallest absolute Gasteiger partial charge is 0.224 e. The van der Waals surface area contributed by atoms with Crippen molar-refractivity contribution >= 4 is 29.1 Å². The molecule has 0 aliphatic carbocycles. The summed E-state index contributed by atoms with van der Waals surface area (Å²) in [7, 11) is 0. The molecule has 1 unspecified atom stereocenters. The lowest BCUT2D eigenvalue weighted by atomic mass is 9.94. The van der Waals surface area contributed by atoms with Crippen LogP contribution in [0.5, 0.6) is 0 Å². The van der Waals surface area contributed by atoms with Crippen molar-refractivity contribution in [1.29, 1.82) is 0 Å². The van der Waals surface area contributed by atoms with Gasteiger partial charge in [0, 0.05) is 22.2 Å². The third-order valence-corrected chi connectivity index (χ3v) is 3.85. The molecule has 0 aromatic heterocycles. The molecule has 0 aliphatic heterocycles. The number of aliphatic hydroxyl groups is 1. The normalized spacial score (nSPS) is 13.9. The van der Waals surface area contributed by atoms with E-state index < -0.39 is 5.54 Å². The molecule has 0 saturated heterocycles. The third kappa shape index (κ3) is 5.01. The summed E-state index contributed by atoms with van der Waals surface area (Å²) in [5, 5.41) is 13.0. The monoisotopic (exact) mass is 303 g/mol. The van der Waals surface area contributed by atoms with Crippen LogP contribution < -0.4 is 5.32 Å². The Labute approximate surface area is 123 Å². The lowest BCUT2D eigenvalue weighted by Crippen LogP contribution is -2.46. The number of hydrogen-bond donors (Lipinski definition) is 2. The van der Waals surface area contributed by atoms with Crippen LogP contribution in [0.1, 0.15) is 32.3 Å². The van der Waals surface area contributed by atoms with Crippen molar-refractivity contribution in [1.82, 2.24) is 5.32 Å². The number of halogens is 2. The predicted octanol–water partition coefficient (Wildman–Crippen LogP) is 3.20. The number of aliphatic hydroxyl groups excluding tert-OH is 1. The minimum atomic E-state index is -0.392. The van der Waals surface area contributed by atoms with Gasteiger partial charge in [0.05, 0.1) is 6.42 Å². The van der Waals surface area contributed by atoms with E-state index in [0.29, 0.717) is 22.0 Å². The van der Waals surface area contributed by atoms with Crippen molar-refractivity contribution in [2.75, 3.05) is 6.61 Å². The summed E-state index contributed by atoms with van der Waals surface area (Å²) in [6, 6.07) is 5.06. The molecule has 0 aliphatic rings. The molecular weight excluding hydrogens is 285 g/mol. The summed E-state index contributed by atoms with van der Waals surface area (Å²) in [6.07, 6.45) is 1.46. The van der Waals surface area contributed by atoms with E-state index >= 15 is 0 Å². The Hall–Kier alpha value is -0.770. The minimum absolute atomic E-state index is 0.0442. The number of carbonyl (C=O) groups excluding carboxylic acids is 1. The number of nitrogens with one attached hydrogen (secondary N) is 1. The van der Waals surface area contributed by atoms with Gasteiger partial charge >= 0.3 is 0 Å². The molecule has 2 N–H and O–H groups in total. The van der Waals surface area contributed by atoms with E-state index in [4.69, 9.17) is 28.3 Å². The van der Waals surface area contributed by atoms with Crippen molar-refractivity contribution in [3.05, 3.63) is 33.8 Å². The molecule has 0 heterocycles. The zero-order valence-corrected chi connectivity index (χ0v) is 12.7. The highest BCUT2D eigenvalue weighted by molar-refractivity contribution is 6.33. The quantitative estimate of drug-likeness (QED) is 0.848. The number of rotatable bonds is 6. The van der Waals surface area contributed by atoms with E-state index in [9.17, 15) is 4.79 Å². The van der Waals surface area contributed by atoms with E-state index in [0.717, 1.165) is 6.42 Å². The number of carbonyl (C=O) groups is 1. The number of hydrogen-bond acceptors (Lipinski definition) is 2. The molecule has 1 aromatic rings. The van der Waals surface area contributed by atoms with Crippen LogP contribution in [-0.4, -0.2) is 23.2 Å². The summed E-state index contributed by atoms with van der Waals surface area (Å²) < 4.78 is 0. The van der Waals surface area contributed by atoms with Crippen LogP contribution in [0.2, 0.25) is 10.0 Å². The summed E-state index contributed by atoms with van der Waals surface area (Å²) in [6.45, 7) is 3.94. The standard InChI is InChI=1S/C14H19Cl2NO2/c1-3-14(2,6-7-18)17-13(19)9-10-8-11(15)4-5-12(10)16/h4-5,8,18H,3,6-7,9H2,1-2H3,(H,17,19). The van der Waals surface area contributed by atoms with Gasteiger partial charge in [-0.1, -0.05) is 30.1 Å². The minimum Gasteiger partial charge on any atom is -0.396 e. The van der Waals surface area contributed by atoms with Gasteiger partial charge in [0.15, 0.2) is 0 Å². The Kier molecular flexibility index (Phi) is 6.11. The molecule has 1 aromatic carbocycles. The van der Waals surface area contributed by atoms with Crippen molar-refractivity contribution in [3.63, 3.8) is 0 Å². The van der Waals surface area contributed by atoms with Crippen LogP contribution in [0.25, 0.3) is 0 Å². The van der Waals surface area contributed by atoms with Gasteiger partial charge in [-0.2, -0.15) is 0 Å². The molecule has 1 rings (SSSR count). The highest BCUT2D eigenvalue weighted by Crippen LogP contribution is 2.21. The van der Waals surface area contributed by atoms with E-state index in [1.54, 1.807) is 18.2 Å². The predicted molar refractivity (Wildman–Crippen MR) is 78.7 cm³/mol. The average molecular weight is 304 g/mol. The zero-order valence-electron chi connectivity index (χ0n) is 11.2. The summed E-state index contributed by atoms with van der Waals surface area (Å²) in [4.78, 5) is 12.0. The first-order valence-corrected chi connectivity index (χ1v) is 7.01. The first-order valence-electron chi connectivity index (χ1n) is 6.26. The second-order valence-electron chi connectivity index (χ2n) is 4.85. The molecule has 0 spiro atoms. The largest absolute Gasteiger partial charge is 0.396 e. The van der Waals surface area contributed by atoms with Crippen molar-refractivity contribution in [2.45, 2.75) is 38.6 Å². The van der Waals surface area contributed by atoms with E-state index in [2.05, 4.69) is 5.32 Å². The van der Waals surface area contributed by atoms with Crippen molar-refractivity contribution in [2.24, 2.45) is 0 Å². The highest BCUT2D eigenvalue weighted by Gasteiger charge is 2.23. The summed E-state index contributed by atoms with van der Waals surface area (Å²) in [5.74, 6) is -0.123. The van der Waals surface area contributed by atoms with E-state index in [-0.39, 0.29) is 18.9 Å². The van der Waals surface area contributed by atoms with Gasteiger partial charge in [0.25, 0.3) is 0 Å². The van der Waals surface area contributed by atoms with Gasteiger partial charge in [-0.05, 0) is 43.5 Å². The first kappa shape index (κ1) is 16.3. The molecule has 0 radical (unpaired) electrons. The Bertz CT molecular complexity index is 451. The maximum absolute atomic E-state index is 12.0. The third-order valence-electron chi connectivity index (χ3n) is 3.24. The number of benzene rings is 1. The van der Waals surface area contributed by atoms with E-state index in [1.807, 2.05) is 13.8 Å². The van der Waals surface area contributed by atoms with Crippen LogP contribution in [0.15, 0.2) is 18.2 Å². The molecule has 19 heavy (non-hydrogen) atoms. The molecule has 106 valence electrons. The highest BCUT2D eigenvalue weighted by atomic mass is 35.5. The van der Waals surface area contributed by atoms with Crippen LogP contribution in [-0.2, 0) is 11.2 Å². The maximum atomic E-state index is 12.0. The number of amides is 1. The fourth-order valence-electron chi connectivity index (χ4n) is 1.81. The second kappa shape index (κ2) is 7.13. The molecular formula is C14H19Cl2NO2. The maximum Gasteiger partial charge on any atom is 0.224 e. The SMILES string of the molecule is CCC(C)(CCO)NC(=O)Cc1cc(Cl)ccc1Cl. The molecule has 1 amide bonds. The zero-order chi connectivity index (χ0) is 14.5. The van der Waals surface area contributed by atoms with Gasteiger partial charge in [-0.3, -0.25) is 4.79 Å². The first-order chi connectivity index (χ1) is 8.90. The van der Waals surface area contributed by atoms with Gasteiger partial charge in [0.1, 0.15) is 0 Å².